The summed E-state index contributed by atoms with van der Waals surface area (Å²) in [6.45, 7) is 4.09. The van der Waals surface area contributed by atoms with Crippen molar-refractivity contribution in [3.63, 3.8) is 0 Å². The lowest BCUT2D eigenvalue weighted by Crippen LogP contribution is -2.43. The zero-order chi connectivity index (χ0) is 10.6. The van der Waals surface area contributed by atoms with Gasteiger partial charge in [-0.25, -0.2) is 0 Å². The molecule has 1 saturated carbocycles. The number of carboxylic acid groups (broad SMARTS) is 1. The minimum Gasteiger partial charge on any atom is -0.480 e. The second-order valence-electron chi connectivity index (χ2n) is 3.68. The molecule has 0 spiro atoms. The van der Waals surface area contributed by atoms with E-state index in [2.05, 4.69) is 6.58 Å². The predicted octanol–water partition coefficient (Wildman–Crippen LogP) is 0.472. The fraction of sp³-hybridized carbons (Fsp3) is 0.700. The number of aliphatic hydroxyl groups is 1. The lowest BCUT2D eigenvalue weighted by atomic mass is 10.2. The third-order valence-corrected chi connectivity index (χ3v) is 2.61. The van der Waals surface area contributed by atoms with Crippen molar-refractivity contribution in [3.05, 3.63) is 12.7 Å². The van der Waals surface area contributed by atoms with E-state index in [1.54, 1.807) is 11.0 Å². The smallest absolute Gasteiger partial charge is 0.317 e. The molecule has 0 aromatic rings. The van der Waals surface area contributed by atoms with E-state index in [0.29, 0.717) is 6.54 Å². The number of hydrogen-bond donors (Lipinski definition) is 2. The van der Waals surface area contributed by atoms with Gasteiger partial charge in [0.05, 0.1) is 12.6 Å². The van der Waals surface area contributed by atoms with Crippen molar-refractivity contribution < 1.29 is 15.0 Å². The van der Waals surface area contributed by atoms with Crippen molar-refractivity contribution in [2.24, 2.45) is 0 Å². The molecule has 0 saturated heterocycles. The molecule has 1 rings (SSSR count). The van der Waals surface area contributed by atoms with Gasteiger partial charge in [0.2, 0.25) is 0 Å². The van der Waals surface area contributed by atoms with Crippen LogP contribution in [-0.4, -0.2) is 46.3 Å². The van der Waals surface area contributed by atoms with Gasteiger partial charge in [0.25, 0.3) is 0 Å². The average Bonchev–Trinajstić information content (AvgIpc) is 2.50. The van der Waals surface area contributed by atoms with Crippen molar-refractivity contribution in [1.29, 1.82) is 0 Å². The van der Waals surface area contributed by atoms with Crippen LogP contribution in [0.4, 0.5) is 0 Å². The van der Waals surface area contributed by atoms with E-state index in [-0.39, 0.29) is 18.7 Å². The molecule has 2 atom stereocenters. The van der Waals surface area contributed by atoms with E-state index >= 15 is 0 Å². The number of aliphatic carboxylic acids is 1. The van der Waals surface area contributed by atoms with E-state index in [9.17, 15) is 9.90 Å². The second-order valence-corrected chi connectivity index (χ2v) is 3.68. The zero-order valence-electron chi connectivity index (χ0n) is 8.22. The SMILES string of the molecule is C=CCN(CC(=O)O)C1CCCC1O. The summed E-state index contributed by atoms with van der Waals surface area (Å²) in [5.74, 6) is -0.856. The van der Waals surface area contributed by atoms with Crippen LogP contribution < -0.4 is 0 Å². The van der Waals surface area contributed by atoms with Crippen LogP contribution in [0.1, 0.15) is 19.3 Å². The van der Waals surface area contributed by atoms with Crippen LogP contribution in [0, 0.1) is 0 Å². The fourth-order valence-corrected chi connectivity index (χ4v) is 2.00. The van der Waals surface area contributed by atoms with Crippen LogP contribution in [0.3, 0.4) is 0 Å². The molecule has 0 bridgehead atoms. The van der Waals surface area contributed by atoms with E-state index in [1.165, 1.54) is 0 Å². The van der Waals surface area contributed by atoms with Crippen molar-refractivity contribution in [2.75, 3.05) is 13.1 Å². The van der Waals surface area contributed by atoms with Gasteiger partial charge in [-0.2, -0.15) is 0 Å². The molecule has 2 N–H and O–H groups in total. The molecule has 0 aliphatic heterocycles. The van der Waals surface area contributed by atoms with E-state index in [4.69, 9.17) is 5.11 Å². The summed E-state index contributed by atoms with van der Waals surface area (Å²) in [5.41, 5.74) is 0. The highest BCUT2D eigenvalue weighted by Gasteiger charge is 2.30. The van der Waals surface area contributed by atoms with Crippen LogP contribution in [0.25, 0.3) is 0 Å². The lowest BCUT2D eigenvalue weighted by Gasteiger charge is -2.28. The van der Waals surface area contributed by atoms with Crippen LogP contribution in [0.15, 0.2) is 12.7 Å². The van der Waals surface area contributed by atoms with Crippen LogP contribution in [0.5, 0.6) is 0 Å². The van der Waals surface area contributed by atoms with Gasteiger partial charge in [0.15, 0.2) is 0 Å². The Hall–Kier alpha value is -0.870. The Kier molecular flexibility index (Phi) is 4.10. The molecule has 4 heteroatoms. The quantitative estimate of drug-likeness (QED) is 0.632. The van der Waals surface area contributed by atoms with Crippen molar-refractivity contribution >= 4 is 5.97 Å². The molecule has 1 aliphatic carbocycles. The third-order valence-electron chi connectivity index (χ3n) is 2.61. The Morgan fingerprint density at radius 2 is 2.29 bits per heavy atom. The van der Waals surface area contributed by atoms with Gasteiger partial charge in [-0.05, 0) is 19.3 Å². The number of carboxylic acids is 1. The largest absolute Gasteiger partial charge is 0.480 e. The first-order chi connectivity index (χ1) is 6.65. The van der Waals surface area contributed by atoms with Crippen LogP contribution in [-0.2, 0) is 4.79 Å². The molecule has 0 aromatic heterocycles. The molecular formula is C10H17NO3. The van der Waals surface area contributed by atoms with E-state index in [1.807, 2.05) is 0 Å². The minimum absolute atomic E-state index is 0.0101. The van der Waals surface area contributed by atoms with Gasteiger partial charge in [0.1, 0.15) is 0 Å². The number of nitrogens with zero attached hydrogens (tertiary/aromatic N) is 1. The maximum atomic E-state index is 10.6. The summed E-state index contributed by atoms with van der Waals surface area (Å²) in [6, 6.07) is -0.0101. The van der Waals surface area contributed by atoms with Crippen LogP contribution >= 0.6 is 0 Å². The van der Waals surface area contributed by atoms with Gasteiger partial charge in [-0.15, -0.1) is 6.58 Å². The van der Waals surface area contributed by atoms with Crippen molar-refractivity contribution in [1.82, 2.24) is 4.90 Å². The number of aliphatic hydroxyl groups excluding tert-OH is 1. The Morgan fingerprint density at radius 1 is 1.57 bits per heavy atom. The molecule has 0 heterocycles. The molecule has 80 valence electrons. The Bertz CT molecular complexity index is 217. The molecule has 2 unspecified atom stereocenters. The fourth-order valence-electron chi connectivity index (χ4n) is 2.00. The van der Waals surface area contributed by atoms with Gasteiger partial charge in [-0.3, -0.25) is 9.69 Å². The first-order valence-corrected chi connectivity index (χ1v) is 4.90. The topological polar surface area (TPSA) is 60.8 Å². The molecule has 0 aromatic carbocycles. The highest BCUT2D eigenvalue weighted by molar-refractivity contribution is 5.69. The Labute approximate surface area is 83.8 Å². The number of carbonyl (C=O) groups is 1. The normalized spacial score (nSPS) is 26.7. The molecule has 1 aliphatic rings. The number of hydrogen-bond acceptors (Lipinski definition) is 3. The minimum atomic E-state index is -0.856. The summed E-state index contributed by atoms with van der Waals surface area (Å²) in [6.07, 6.45) is 3.92. The average molecular weight is 199 g/mol. The summed E-state index contributed by atoms with van der Waals surface area (Å²) in [7, 11) is 0. The summed E-state index contributed by atoms with van der Waals surface area (Å²) in [5, 5.41) is 18.3. The van der Waals surface area contributed by atoms with Gasteiger partial charge >= 0.3 is 5.97 Å². The molecule has 0 amide bonds. The van der Waals surface area contributed by atoms with Gasteiger partial charge in [0, 0.05) is 12.6 Å². The number of rotatable bonds is 5. The zero-order valence-corrected chi connectivity index (χ0v) is 8.22. The maximum absolute atomic E-state index is 10.6. The third kappa shape index (κ3) is 2.82. The van der Waals surface area contributed by atoms with Crippen molar-refractivity contribution in [2.45, 2.75) is 31.4 Å². The molecular weight excluding hydrogens is 182 g/mol. The van der Waals surface area contributed by atoms with Gasteiger partial charge < -0.3 is 10.2 Å². The second kappa shape index (κ2) is 5.12. The lowest BCUT2D eigenvalue weighted by molar-refractivity contribution is -0.139. The summed E-state index contributed by atoms with van der Waals surface area (Å²) in [4.78, 5) is 12.4. The maximum Gasteiger partial charge on any atom is 0.317 e. The van der Waals surface area contributed by atoms with Crippen LogP contribution in [0.2, 0.25) is 0 Å². The Balaban J connectivity index is 2.56. The predicted molar refractivity (Wildman–Crippen MR) is 53.1 cm³/mol. The highest BCUT2D eigenvalue weighted by Crippen LogP contribution is 2.23. The van der Waals surface area contributed by atoms with E-state index in [0.717, 1.165) is 19.3 Å². The first kappa shape index (κ1) is 11.2. The first-order valence-electron chi connectivity index (χ1n) is 4.90. The van der Waals surface area contributed by atoms with Crippen molar-refractivity contribution in [3.8, 4) is 0 Å². The highest BCUT2D eigenvalue weighted by atomic mass is 16.4. The standard InChI is InChI=1S/C10H17NO3/c1-2-6-11(7-10(13)14)8-4-3-5-9(8)12/h2,8-9,12H,1,3-7H2,(H,13,14). The molecule has 4 nitrogen and oxygen atoms in total. The molecule has 14 heavy (non-hydrogen) atoms. The van der Waals surface area contributed by atoms with Gasteiger partial charge in [-0.1, -0.05) is 6.08 Å². The monoisotopic (exact) mass is 199 g/mol. The molecule has 0 radical (unpaired) electrons. The van der Waals surface area contributed by atoms with E-state index < -0.39 is 5.97 Å². The summed E-state index contributed by atoms with van der Waals surface area (Å²) >= 11 is 0. The summed E-state index contributed by atoms with van der Waals surface area (Å²) < 4.78 is 0. The molecule has 1 fully saturated rings. The Morgan fingerprint density at radius 3 is 2.71 bits per heavy atom.